The van der Waals surface area contributed by atoms with Crippen LogP contribution in [0.5, 0.6) is 0 Å². The van der Waals surface area contributed by atoms with Crippen LogP contribution in [-0.2, 0) is 0 Å². The standard InChI is InChI=1S/CHNS.HI.Na.H/c2-1-3;;;/h3H;1H;;. The van der Waals surface area contributed by atoms with Crippen LogP contribution < -0.4 is 0 Å². The Kier molecular flexibility index (Phi) is 56.3. The van der Waals surface area contributed by atoms with Crippen molar-refractivity contribution in [3.05, 3.63) is 0 Å². The van der Waals surface area contributed by atoms with Crippen LogP contribution in [0.4, 0.5) is 0 Å². The molecular formula is CH3INNaS. The summed E-state index contributed by atoms with van der Waals surface area (Å²) in [4.78, 5) is 0. The van der Waals surface area contributed by atoms with Gasteiger partial charge in [-0.25, -0.2) is 0 Å². The van der Waals surface area contributed by atoms with Gasteiger partial charge < -0.3 is 0 Å². The molecule has 0 heterocycles. The van der Waals surface area contributed by atoms with E-state index in [1.54, 1.807) is 0 Å². The van der Waals surface area contributed by atoms with Gasteiger partial charge in [0.1, 0.15) is 5.40 Å². The summed E-state index contributed by atoms with van der Waals surface area (Å²) >= 11 is 3.09. The number of hydrogen-bond acceptors (Lipinski definition) is 2. The topological polar surface area (TPSA) is 23.8 Å². The molecule has 0 unspecified atom stereocenters. The molecule has 26 valence electrons. The SMILES string of the molecule is I.N#CS.[NaH]. The zero-order chi connectivity index (χ0) is 2.71. The van der Waals surface area contributed by atoms with Crippen LogP contribution in [-0.4, -0.2) is 29.6 Å². The van der Waals surface area contributed by atoms with Gasteiger partial charge in [-0.2, -0.15) is 5.26 Å². The third-order valence-electron chi connectivity index (χ3n) is 0. The van der Waals surface area contributed by atoms with Gasteiger partial charge in [0.25, 0.3) is 0 Å². The first-order valence-corrected chi connectivity index (χ1v) is 0.894. The van der Waals surface area contributed by atoms with Crippen molar-refractivity contribution >= 4 is 66.2 Å². The average Bonchev–Trinajstić information content (AvgIpc) is 0.918. The first-order chi connectivity index (χ1) is 1.41. The maximum atomic E-state index is 7.18. The third kappa shape index (κ3) is 28.8. The molecule has 0 saturated heterocycles. The molecule has 0 saturated carbocycles. The summed E-state index contributed by atoms with van der Waals surface area (Å²) in [6.45, 7) is 0. The molecule has 0 aliphatic rings. The molecule has 0 rings (SSSR count). The van der Waals surface area contributed by atoms with Gasteiger partial charge in [0, 0.05) is 0 Å². The van der Waals surface area contributed by atoms with E-state index >= 15 is 0 Å². The van der Waals surface area contributed by atoms with Crippen LogP contribution in [0.15, 0.2) is 0 Å². The average molecular weight is 211 g/mol. The summed E-state index contributed by atoms with van der Waals surface area (Å²) in [7, 11) is 0. The van der Waals surface area contributed by atoms with Crippen LogP contribution >= 0.6 is 36.6 Å². The maximum absolute atomic E-state index is 7.18. The van der Waals surface area contributed by atoms with Gasteiger partial charge in [0.15, 0.2) is 0 Å². The Hall–Kier alpha value is 1.57. The quantitative estimate of drug-likeness (QED) is 0.266. The van der Waals surface area contributed by atoms with Gasteiger partial charge in [-0.3, -0.25) is 0 Å². The van der Waals surface area contributed by atoms with E-state index in [-0.39, 0.29) is 53.5 Å². The van der Waals surface area contributed by atoms with E-state index in [0.717, 1.165) is 0 Å². The predicted molar refractivity (Wildman–Crippen MR) is 37.2 cm³/mol. The molecular weight excluding hydrogens is 208 g/mol. The van der Waals surface area contributed by atoms with Crippen LogP contribution in [0, 0.1) is 10.7 Å². The van der Waals surface area contributed by atoms with Crippen molar-refractivity contribution in [3.8, 4) is 5.40 Å². The molecule has 0 aromatic heterocycles. The van der Waals surface area contributed by atoms with Crippen molar-refractivity contribution in [1.29, 1.82) is 5.26 Å². The molecule has 0 bridgehead atoms. The third-order valence-corrected chi connectivity index (χ3v) is 0. The Labute approximate surface area is 75.8 Å². The number of hydrogen-bond donors (Lipinski definition) is 1. The second-order valence-corrected chi connectivity index (χ2v) is 0.300. The van der Waals surface area contributed by atoms with Crippen molar-refractivity contribution in [3.63, 3.8) is 0 Å². The molecule has 0 fully saturated rings. The molecule has 1 nitrogen and oxygen atoms in total. The fourth-order valence-electron chi connectivity index (χ4n) is 0. The monoisotopic (exact) mass is 211 g/mol. The summed E-state index contributed by atoms with van der Waals surface area (Å²) < 4.78 is 0. The second kappa shape index (κ2) is 17.6. The van der Waals surface area contributed by atoms with Crippen molar-refractivity contribution in [1.82, 2.24) is 0 Å². The molecule has 0 radical (unpaired) electrons. The first-order valence-electron chi connectivity index (χ1n) is 0.447. The number of thiocyanates is 1. The van der Waals surface area contributed by atoms with Crippen LogP contribution in [0.3, 0.4) is 0 Å². The van der Waals surface area contributed by atoms with Crippen LogP contribution in [0.2, 0.25) is 0 Å². The zero-order valence-corrected chi connectivity index (χ0v) is 5.03. The second-order valence-electron chi connectivity index (χ2n) is 0.100. The van der Waals surface area contributed by atoms with E-state index < -0.39 is 0 Å². The minimum atomic E-state index is 0. The van der Waals surface area contributed by atoms with Gasteiger partial charge in [0.05, 0.1) is 0 Å². The van der Waals surface area contributed by atoms with Gasteiger partial charge in [-0.05, 0) is 0 Å². The van der Waals surface area contributed by atoms with E-state index in [1.807, 2.05) is 0 Å². The van der Waals surface area contributed by atoms with Gasteiger partial charge in [-0.1, -0.05) is 12.6 Å². The molecule has 0 amide bonds. The molecule has 0 atom stereocenters. The fourth-order valence-corrected chi connectivity index (χ4v) is 0. The van der Waals surface area contributed by atoms with E-state index in [2.05, 4.69) is 12.6 Å². The molecule has 0 spiro atoms. The van der Waals surface area contributed by atoms with Crippen molar-refractivity contribution in [2.75, 3.05) is 0 Å². The summed E-state index contributed by atoms with van der Waals surface area (Å²) in [5.41, 5.74) is 0. The zero-order valence-electron chi connectivity index (χ0n) is 1.80. The Morgan fingerprint density at radius 2 is 1.60 bits per heavy atom. The van der Waals surface area contributed by atoms with E-state index in [9.17, 15) is 0 Å². The van der Waals surface area contributed by atoms with Crippen molar-refractivity contribution < 1.29 is 0 Å². The number of nitrogens with zero attached hydrogens (tertiary/aromatic N) is 1. The first kappa shape index (κ1) is 16.0. The molecule has 5 heavy (non-hydrogen) atoms. The number of halogens is 1. The minimum absolute atomic E-state index is 0. The predicted octanol–water partition coefficient (Wildman–Crippen LogP) is 0.367. The molecule has 0 aromatic rings. The summed E-state index contributed by atoms with van der Waals surface area (Å²) in [5.74, 6) is 0. The number of thiol groups is 1. The fraction of sp³-hybridized carbons (Fsp3) is 0. The van der Waals surface area contributed by atoms with Gasteiger partial charge >= 0.3 is 29.6 Å². The molecule has 0 N–H and O–H groups in total. The molecule has 0 aromatic carbocycles. The summed E-state index contributed by atoms with van der Waals surface area (Å²) in [5, 5.41) is 8.63. The summed E-state index contributed by atoms with van der Waals surface area (Å²) in [6, 6.07) is 0. The van der Waals surface area contributed by atoms with Crippen LogP contribution in [0.1, 0.15) is 0 Å². The van der Waals surface area contributed by atoms with Crippen molar-refractivity contribution in [2.45, 2.75) is 0 Å². The Balaban J connectivity index is -0.0000000200. The molecule has 4 heteroatoms. The van der Waals surface area contributed by atoms with E-state index in [1.165, 1.54) is 5.40 Å². The van der Waals surface area contributed by atoms with Gasteiger partial charge in [-0.15, -0.1) is 24.0 Å². The Morgan fingerprint density at radius 1 is 1.60 bits per heavy atom. The normalized spacial score (nSPS) is 1.60. The molecule has 0 aliphatic heterocycles. The van der Waals surface area contributed by atoms with Gasteiger partial charge in [0.2, 0.25) is 0 Å². The number of nitriles is 1. The summed E-state index contributed by atoms with van der Waals surface area (Å²) in [6.07, 6.45) is 0. The Bertz CT molecular complexity index is 33.1. The molecule has 0 aliphatic carbocycles. The van der Waals surface area contributed by atoms with E-state index in [0.29, 0.717) is 0 Å². The Morgan fingerprint density at radius 3 is 1.60 bits per heavy atom. The van der Waals surface area contributed by atoms with Crippen molar-refractivity contribution in [2.24, 2.45) is 0 Å². The van der Waals surface area contributed by atoms with Crippen LogP contribution in [0.25, 0.3) is 0 Å². The van der Waals surface area contributed by atoms with E-state index in [4.69, 9.17) is 5.26 Å². The number of rotatable bonds is 0.